The van der Waals surface area contributed by atoms with Crippen LogP contribution in [0.15, 0.2) is 6.07 Å². The first kappa shape index (κ1) is 19.0. The molecular weight excluding hydrogens is 330 g/mol. The van der Waals surface area contributed by atoms with E-state index in [1.807, 2.05) is 18.7 Å². The first-order valence-corrected chi connectivity index (χ1v) is 9.64. The molecule has 0 aliphatic carbocycles. The van der Waals surface area contributed by atoms with Gasteiger partial charge in [0.25, 0.3) is 0 Å². The number of aromatic nitrogens is 2. The third kappa shape index (κ3) is 4.71. The summed E-state index contributed by atoms with van der Waals surface area (Å²) in [5.74, 6) is 2.45. The molecule has 7 nitrogen and oxygen atoms in total. The summed E-state index contributed by atoms with van der Waals surface area (Å²) < 4.78 is 5.52. The van der Waals surface area contributed by atoms with Gasteiger partial charge in [-0.05, 0) is 13.8 Å². The Morgan fingerprint density at radius 2 is 1.96 bits per heavy atom. The van der Waals surface area contributed by atoms with Gasteiger partial charge in [0, 0.05) is 56.9 Å². The van der Waals surface area contributed by atoms with E-state index in [1.54, 1.807) is 0 Å². The van der Waals surface area contributed by atoms with Crippen LogP contribution >= 0.6 is 0 Å². The predicted octanol–water partition coefficient (Wildman–Crippen LogP) is 1.28. The third-order valence-electron chi connectivity index (χ3n) is 5.02. The normalized spacial score (nSPS) is 22.1. The lowest BCUT2D eigenvalue weighted by molar-refractivity contribution is -0.139. The van der Waals surface area contributed by atoms with Crippen LogP contribution in [0.2, 0.25) is 0 Å². The summed E-state index contributed by atoms with van der Waals surface area (Å²) in [5, 5.41) is 0. The minimum atomic E-state index is 0.140. The summed E-state index contributed by atoms with van der Waals surface area (Å²) in [5.41, 5.74) is 1.01. The smallest absolute Gasteiger partial charge is 0.236 e. The van der Waals surface area contributed by atoms with Crippen molar-refractivity contribution >= 4 is 11.7 Å². The van der Waals surface area contributed by atoms with Crippen molar-refractivity contribution in [2.24, 2.45) is 0 Å². The van der Waals surface area contributed by atoms with Crippen LogP contribution in [0.4, 0.5) is 5.82 Å². The lowest BCUT2D eigenvalue weighted by atomic mass is 10.2. The van der Waals surface area contributed by atoms with Crippen molar-refractivity contribution in [1.29, 1.82) is 0 Å². The van der Waals surface area contributed by atoms with E-state index >= 15 is 0 Å². The Labute approximate surface area is 156 Å². The van der Waals surface area contributed by atoms with Gasteiger partial charge >= 0.3 is 0 Å². The Balaban J connectivity index is 1.53. The van der Waals surface area contributed by atoms with Gasteiger partial charge in [0.15, 0.2) is 0 Å². The van der Waals surface area contributed by atoms with Crippen LogP contribution < -0.4 is 4.90 Å². The molecule has 0 radical (unpaired) electrons. The van der Waals surface area contributed by atoms with Crippen molar-refractivity contribution in [3.05, 3.63) is 17.6 Å². The molecule has 2 fully saturated rings. The van der Waals surface area contributed by atoms with Gasteiger partial charge in [-0.1, -0.05) is 13.8 Å². The SMILES string of the molecule is Cc1cc(N2CCN(CC(=O)N3CCOC(C)C3)CC2)nc(C(C)C)n1. The van der Waals surface area contributed by atoms with Crippen LogP contribution in [0.3, 0.4) is 0 Å². The van der Waals surface area contributed by atoms with Crippen molar-refractivity contribution in [3.63, 3.8) is 0 Å². The summed E-state index contributed by atoms with van der Waals surface area (Å²) >= 11 is 0. The fourth-order valence-electron chi connectivity index (χ4n) is 3.47. The van der Waals surface area contributed by atoms with Gasteiger partial charge < -0.3 is 14.5 Å². The molecule has 3 rings (SSSR count). The number of amides is 1. The topological polar surface area (TPSA) is 61.8 Å². The number of carbonyl (C=O) groups is 1. The molecule has 1 atom stereocenters. The minimum absolute atomic E-state index is 0.140. The largest absolute Gasteiger partial charge is 0.375 e. The van der Waals surface area contributed by atoms with Crippen LogP contribution in [0.1, 0.15) is 38.2 Å². The van der Waals surface area contributed by atoms with E-state index in [4.69, 9.17) is 9.72 Å². The van der Waals surface area contributed by atoms with Gasteiger partial charge in [-0.3, -0.25) is 9.69 Å². The first-order chi connectivity index (χ1) is 12.4. The third-order valence-corrected chi connectivity index (χ3v) is 5.02. The summed E-state index contributed by atoms with van der Waals surface area (Å²) in [6, 6.07) is 2.06. The monoisotopic (exact) mass is 361 g/mol. The highest BCUT2D eigenvalue weighted by Crippen LogP contribution is 2.18. The molecule has 0 N–H and O–H groups in total. The molecule has 0 saturated carbocycles. The van der Waals surface area contributed by atoms with Crippen LogP contribution in [0, 0.1) is 6.92 Å². The molecule has 0 bridgehead atoms. The number of nitrogens with zero attached hydrogens (tertiary/aromatic N) is 5. The Bertz CT molecular complexity index is 628. The van der Waals surface area contributed by atoms with Crippen LogP contribution in [-0.2, 0) is 9.53 Å². The molecule has 2 aliphatic heterocycles. The van der Waals surface area contributed by atoms with Crippen LogP contribution in [0.25, 0.3) is 0 Å². The lowest BCUT2D eigenvalue weighted by Gasteiger charge is -2.37. The predicted molar refractivity (Wildman–Crippen MR) is 102 cm³/mol. The van der Waals surface area contributed by atoms with E-state index in [-0.39, 0.29) is 12.0 Å². The number of hydrogen-bond acceptors (Lipinski definition) is 6. The second-order valence-corrected chi connectivity index (χ2v) is 7.66. The zero-order valence-corrected chi connectivity index (χ0v) is 16.4. The van der Waals surface area contributed by atoms with Gasteiger partial charge in [-0.15, -0.1) is 0 Å². The second kappa shape index (κ2) is 8.31. The maximum atomic E-state index is 12.5. The maximum Gasteiger partial charge on any atom is 0.236 e. The van der Waals surface area contributed by atoms with Gasteiger partial charge in [0.1, 0.15) is 11.6 Å². The average molecular weight is 361 g/mol. The summed E-state index contributed by atoms with van der Waals surface area (Å²) in [6.07, 6.45) is 0.140. The second-order valence-electron chi connectivity index (χ2n) is 7.66. The summed E-state index contributed by atoms with van der Waals surface area (Å²) in [4.78, 5) is 28.3. The number of rotatable bonds is 4. The van der Waals surface area contributed by atoms with Crippen LogP contribution in [0.5, 0.6) is 0 Å². The number of aryl methyl sites for hydroxylation is 1. The maximum absolute atomic E-state index is 12.5. The van der Waals surface area contributed by atoms with E-state index in [1.165, 1.54) is 0 Å². The zero-order valence-electron chi connectivity index (χ0n) is 16.4. The molecule has 2 aliphatic rings. The molecule has 1 aromatic rings. The number of anilines is 1. The number of ether oxygens (including phenoxy) is 1. The zero-order chi connectivity index (χ0) is 18.7. The highest BCUT2D eigenvalue weighted by molar-refractivity contribution is 5.78. The average Bonchev–Trinajstić information content (AvgIpc) is 2.61. The van der Waals surface area contributed by atoms with Gasteiger partial charge in [-0.25, -0.2) is 9.97 Å². The highest BCUT2D eigenvalue weighted by Gasteiger charge is 2.25. The van der Waals surface area contributed by atoms with E-state index in [2.05, 4.69) is 34.7 Å². The lowest BCUT2D eigenvalue weighted by Crippen LogP contribution is -2.52. The quantitative estimate of drug-likeness (QED) is 0.805. The van der Waals surface area contributed by atoms with E-state index in [0.29, 0.717) is 32.2 Å². The van der Waals surface area contributed by atoms with Gasteiger partial charge in [-0.2, -0.15) is 0 Å². The Hall–Kier alpha value is -1.73. The number of piperazine rings is 1. The number of carbonyl (C=O) groups excluding carboxylic acids is 1. The highest BCUT2D eigenvalue weighted by atomic mass is 16.5. The standard InChI is InChI=1S/C19H31N5O2/c1-14(2)19-20-15(3)11-17(21-19)23-7-5-22(6-8-23)13-18(25)24-9-10-26-16(4)12-24/h11,14,16H,5-10,12-13H2,1-4H3. The summed E-state index contributed by atoms with van der Waals surface area (Å²) in [7, 11) is 0. The molecule has 2 saturated heterocycles. The van der Waals surface area contributed by atoms with Crippen molar-refractivity contribution < 1.29 is 9.53 Å². The molecule has 1 unspecified atom stereocenters. The molecule has 1 aromatic heterocycles. The minimum Gasteiger partial charge on any atom is -0.375 e. The first-order valence-electron chi connectivity index (χ1n) is 9.64. The van der Waals surface area contributed by atoms with Gasteiger partial charge in [0.05, 0.1) is 19.3 Å². The fourth-order valence-corrected chi connectivity index (χ4v) is 3.47. The molecule has 7 heteroatoms. The van der Waals surface area contributed by atoms with Crippen molar-refractivity contribution in [1.82, 2.24) is 19.8 Å². The summed E-state index contributed by atoms with van der Waals surface area (Å²) in [6.45, 7) is 14.4. The molecule has 3 heterocycles. The molecule has 144 valence electrons. The number of morpholine rings is 1. The van der Waals surface area contributed by atoms with Gasteiger partial charge in [0.2, 0.25) is 5.91 Å². The number of hydrogen-bond donors (Lipinski definition) is 0. The molecule has 1 amide bonds. The van der Waals surface area contributed by atoms with Crippen molar-refractivity contribution in [2.45, 2.75) is 39.7 Å². The Kier molecular flexibility index (Phi) is 6.09. The van der Waals surface area contributed by atoms with Crippen molar-refractivity contribution in [2.75, 3.05) is 57.3 Å². The molecule has 26 heavy (non-hydrogen) atoms. The van der Waals surface area contributed by atoms with E-state index in [0.717, 1.165) is 43.5 Å². The van der Waals surface area contributed by atoms with Crippen molar-refractivity contribution in [3.8, 4) is 0 Å². The fraction of sp³-hybridized carbons (Fsp3) is 0.737. The Morgan fingerprint density at radius 3 is 2.62 bits per heavy atom. The van der Waals surface area contributed by atoms with E-state index < -0.39 is 0 Å². The molecule has 0 spiro atoms. The molecular formula is C19H31N5O2. The van der Waals surface area contributed by atoms with Crippen LogP contribution in [-0.4, -0.2) is 84.2 Å². The molecule has 0 aromatic carbocycles. The van der Waals surface area contributed by atoms with E-state index in [9.17, 15) is 4.79 Å². The Morgan fingerprint density at radius 1 is 1.23 bits per heavy atom.